The minimum atomic E-state index is -0.0978. The van der Waals surface area contributed by atoms with Crippen LogP contribution in [0.1, 0.15) is 49.8 Å². The normalized spacial score (nSPS) is 18.3. The average Bonchev–Trinajstić information content (AvgIpc) is 3.53. The van der Waals surface area contributed by atoms with E-state index in [9.17, 15) is 4.79 Å². The van der Waals surface area contributed by atoms with Gasteiger partial charge in [0.05, 0.1) is 5.92 Å². The first-order valence-electron chi connectivity index (χ1n) is 10.2. The smallest absolute Gasteiger partial charge is 0.309 e. The lowest BCUT2D eigenvalue weighted by molar-refractivity contribution is -0.146. The number of pyridine rings is 1. The maximum atomic E-state index is 12.6. The molecule has 0 aliphatic heterocycles. The van der Waals surface area contributed by atoms with Crippen molar-refractivity contribution in [2.75, 3.05) is 0 Å². The van der Waals surface area contributed by atoms with Gasteiger partial charge >= 0.3 is 5.97 Å². The van der Waals surface area contributed by atoms with Crippen molar-refractivity contribution in [3.8, 4) is 11.1 Å². The number of hydrogen-bond donors (Lipinski definition) is 0. The number of rotatable bonds is 5. The molecule has 1 aliphatic carbocycles. The van der Waals surface area contributed by atoms with Crippen LogP contribution in [0, 0.1) is 5.92 Å². The van der Waals surface area contributed by atoms with Gasteiger partial charge in [0, 0.05) is 12.4 Å². The van der Waals surface area contributed by atoms with E-state index in [1.54, 1.807) is 0 Å². The summed E-state index contributed by atoms with van der Waals surface area (Å²) in [5.74, 6) is 0.0645. The Kier molecular flexibility index (Phi) is 5.23. The molecule has 3 heteroatoms. The molecule has 1 aromatic heterocycles. The summed E-state index contributed by atoms with van der Waals surface area (Å²) >= 11 is 0. The van der Waals surface area contributed by atoms with Crippen LogP contribution in [0.2, 0.25) is 0 Å². The molecule has 0 radical (unpaired) electrons. The third kappa shape index (κ3) is 4.40. The van der Waals surface area contributed by atoms with E-state index in [1.807, 2.05) is 54.9 Å². The fourth-order valence-corrected chi connectivity index (χ4v) is 3.76. The van der Waals surface area contributed by atoms with Crippen LogP contribution in [0.4, 0.5) is 0 Å². The van der Waals surface area contributed by atoms with Gasteiger partial charge in [-0.2, -0.15) is 0 Å². The molecule has 3 aromatic rings. The zero-order valence-electron chi connectivity index (χ0n) is 17.3. The van der Waals surface area contributed by atoms with Gasteiger partial charge in [-0.25, -0.2) is 0 Å². The van der Waals surface area contributed by atoms with E-state index in [0.717, 1.165) is 17.5 Å². The number of aromatic nitrogens is 1. The summed E-state index contributed by atoms with van der Waals surface area (Å²) in [5.41, 5.74) is 5.94. The molecular weight excluding hydrogens is 358 g/mol. The van der Waals surface area contributed by atoms with Crippen molar-refractivity contribution < 1.29 is 9.53 Å². The maximum absolute atomic E-state index is 12.6. The number of carbonyl (C=O) groups excluding carboxylic acids is 1. The van der Waals surface area contributed by atoms with Crippen molar-refractivity contribution in [1.29, 1.82) is 0 Å². The summed E-state index contributed by atoms with van der Waals surface area (Å²) in [6.07, 6.45) is 4.49. The van der Waals surface area contributed by atoms with Crippen molar-refractivity contribution in [1.82, 2.24) is 4.98 Å². The Labute approximate surface area is 172 Å². The fraction of sp³-hybridized carbons (Fsp3) is 0.308. The zero-order chi connectivity index (χ0) is 20.4. The van der Waals surface area contributed by atoms with Crippen molar-refractivity contribution in [3.63, 3.8) is 0 Å². The molecule has 1 saturated carbocycles. The molecular formula is C26H27NO2. The first-order chi connectivity index (χ1) is 13.9. The summed E-state index contributed by atoms with van der Waals surface area (Å²) in [6.45, 7) is 7.00. The third-order valence-electron chi connectivity index (χ3n) is 5.63. The topological polar surface area (TPSA) is 39.2 Å². The number of benzene rings is 2. The molecule has 0 bridgehead atoms. The monoisotopic (exact) mass is 385 g/mol. The Morgan fingerprint density at radius 3 is 2.45 bits per heavy atom. The molecule has 2 aromatic carbocycles. The first kappa shape index (κ1) is 19.4. The third-order valence-corrected chi connectivity index (χ3v) is 5.63. The molecule has 1 aliphatic rings. The second-order valence-corrected chi connectivity index (χ2v) is 8.83. The van der Waals surface area contributed by atoms with Crippen molar-refractivity contribution in [2.45, 2.75) is 45.1 Å². The Hall–Kier alpha value is -2.94. The zero-order valence-corrected chi connectivity index (χ0v) is 17.3. The van der Waals surface area contributed by atoms with Gasteiger partial charge in [-0.1, -0.05) is 69.3 Å². The molecule has 2 atom stereocenters. The lowest BCUT2D eigenvalue weighted by atomic mass is 9.83. The van der Waals surface area contributed by atoms with Crippen LogP contribution >= 0.6 is 0 Å². The highest BCUT2D eigenvalue weighted by Gasteiger charge is 2.46. The molecule has 4 rings (SSSR count). The van der Waals surface area contributed by atoms with E-state index in [-0.39, 0.29) is 23.2 Å². The highest BCUT2D eigenvalue weighted by Crippen LogP contribution is 2.51. The molecule has 3 nitrogen and oxygen atoms in total. The van der Waals surface area contributed by atoms with Crippen molar-refractivity contribution in [3.05, 3.63) is 89.7 Å². The predicted octanol–water partition coefficient (Wildman–Crippen LogP) is 5.89. The van der Waals surface area contributed by atoms with Gasteiger partial charge in [-0.05, 0) is 57.7 Å². The van der Waals surface area contributed by atoms with Crippen molar-refractivity contribution in [2.24, 2.45) is 5.92 Å². The highest BCUT2D eigenvalue weighted by atomic mass is 16.5. The lowest BCUT2D eigenvalue weighted by Crippen LogP contribution is -2.12. The van der Waals surface area contributed by atoms with E-state index in [0.29, 0.717) is 6.61 Å². The summed E-state index contributed by atoms with van der Waals surface area (Å²) in [7, 11) is 0. The van der Waals surface area contributed by atoms with Gasteiger partial charge < -0.3 is 4.74 Å². The minimum Gasteiger partial charge on any atom is -0.461 e. The number of hydrogen-bond acceptors (Lipinski definition) is 3. The maximum Gasteiger partial charge on any atom is 0.309 e. The van der Waals surface area contributed by atoms with Crippen LogP contribution in [-0.4, -0.2) is 11.0 Å². The quantitative estimate of drug-likeness (QED) is 0.514. The van der Waals surface area contributed by atoms with Gasteiger partial charge in [-0.3, -0.25) is 9.78 Å². The van der Waals surface area contributed by atoms with Gasteiger partial charge in [0.25, 0.3) is 0 Å². The molecule has 29 heavy (non-hydrogen) atoms. The van der Waals surface area contributed by atoms with Gasteiger partial charge in [0.1, 0.15) is 6.61 Å². The second-order valence-electron chi connectivity index (χ2n) is 8.83. The van der Waals surface area contributed by atoms with E-state index in [2.05, 4.69) is 44.0 Å². The summed E-state index contributed by atoms with van der Waals surface area (Å²) in [4.78, 5) is 16.8. The average molecular weight is 386 g/mol. The van der Waals surface area contributed by atoms with E-state index in [4.69, 9.17) is 4.74 Å². The largest absolute Gasteiger partial charge is 0.461 e. The van der Waals surface area contributed by atoms with Gasteiger partial charge in [0.2, 0.25) is 0 Å². The van der Waals surface area contributed by atoms with Crippen molar-refractivity contribution >= 4 is 5.97 Å². The van der Waals surface area contributed by atoms with Crippen LogP contribution in [0.5, 0.6) is 0 Å². The molecule has 148 valence electrons. The Bertz CT molecular complexity index is 990. The fourth-order valence-electron chi connectivity index (χ4n) is 3.76. The molecule has 1 fully saturated rings. The number of esters is 1. The Balaban J connectivity index is 1.55. The molecule has 0 N–H and O–H groups in total. The van der Waals surface area contributed by atoms with E-state index in [1.165, 1.54) is 16.7 Å². The lowest BCUT2D eigenvalue weighted by Gasteiger charge is -2.22. The van der Waals surface area contributed by atoms with E-state index < -0.39 is 0 Å². The summed E-state index contributed by atoms with van der Waals surface area (Å²) < 4.78 is 5.58. The predicted molar refractivity (Wildman–Crippen MR) is 115 cm³/mol. The summed E-state index contributed by atoms with van der Waals surface area (Å²) in [6, 6.07) is 20.6. The van der Waals surface area contributed by atoms with Crippen LogP contribution in [0.15, 0.2) is 73.1 Å². The Morgan fingerprint density at radius 1 is 1.03 bits per heavy atom. The Morgan fingerprint density at radius 2 is 1.76 bits per heavy atom. The number of nitrogens with zero attached hydrogens (tertiary/aromatic N) is 1. The molecule has 0 spiro atoms. The van der Waals surface area contributed by atoms with Gasteiger partial charge in [0.15, 0.2) is 0 Å². The molecule has 0 saturated heterocycles. The summed E-state index contributed by atoms with van der Waals surface area (Å²) in [5, 5.41) is 0. The SMILES string of the molecule is CC(C)(C)c1ccc(C2CC2C(=O)OCc2ccccc2)c(-c2ccncc2)c1. The van der Waals surface area contributed by atoms with Crippen LogP contribution in [0.25, 0.3) is 11.1 Å². The molecule has 2 unspecified atom stereocenters. The second kappa shape index (κ2) is 7.82. The molecule has 1 heterocycles. The number of carbonyl (C=O) groups is 1. The standard InChI is InChI=1S/C26H27NO2/c1-26(2,3)20-9-10-21(22(15-20)19-11-13-27-14-12-19)23-16-24(23)25(28)29-17-18-7-5-4-6-8-18/h4-15,23-24H,16-17H2,1-3H3. The van der Waals surface area contributed by atoms with Crippen LogP contribution in [0.3, 0.4) is 0 Å². The number of ether oxygens (including phenoxy) is 1. The van der Waals surface area contributed by atoms with Crippen LogP contribution < -0.4 is 0 Å². The van der Waals surface area contributed by atoms with E-state index >= 15 is 0 Å². The first-order valence-corrected chi connectivity index (χ1v) is 10.2. The highest BCUT2D eigenvalue weighted by molar-refractivity contribution is 5.79. The molecule has 0 amide bonds. The van der Waals surface area contributed by atoms with Gasteiger partial charge in [-0.15, -0.1) is 0 Å². The minimum absolute atomic E-state index is 0.0558. The van der Waals surface area contributed by atoms with Crippen LogP contribution in [-0.2, 0) is 21.6 Å².